The lowest BCUT2D eigenvalue weighted by Crippen LogP contribution is -2.24. The van der Waals surface area contributed by atoms with Gasteiger partial charge in [0.15, 0.2) is 5.11 Å². The number of ether oxygens (including phenoxy) is 1. The van der Waals surface area contributed by atoms with Crippen LogP contribution in [0.5, 0.6) is 5.75 Å². The molecule has 0 saturated heterocycles. The molecular weight excluding hydrogens is 513 g/mol. The van der Waals surface area contributed by atoms with E-state index in [1.165, 1.54) is 24.3 Å². The second kappa shape index (κ2) is 11.4. The van der Waals surface area contributed by atoms with Crippen LogP contribution in [0.25, 0.3) is 10.9 Å². The standard InChI is InChI=1S/C27H25F3N6OS/c1-17(2)21-6-4-5-7-23(21)33-26(38)34-32-15-18-8-13-22-24(35-36(3)25(22)14-18)16-31-19-9-11-20(12-10-19)37-27(28,29)30/h4-17H,1-3H3,(H2,33,34,38)/b31-16?,32-15-. The zero-order chi connectivity index (χ0) is 27.3. The van der Waals surface area contributed by atoms with Crippen LogP contribution in [0, 0.1) is 0 Å². The number of aromatic nitrogens is 2. The van der Waals surface area contributed by atoms with Crippen molar-refractivity contribution in [3.63, 3.8) is 0 Å². The van der Waals surface area contributed by atoms with E-state index in [4.69, 9.17) is 12.2 Å². The minimum Gasteiger partial charge on any atom is -0.406 e. The van der Waals surface area contributed by atoms with Crippen LogP contribution >= 0.6 is 12.2 Å². The van der Waals surface area contributed by atoms with Crippen molar-refractivity contribution in [2.75, 3.05) is 5.32 Å². The van der Waals surface area contributed by atoms with Gasteiger partial charge in [0.25, 0.3) is 0 Å². The smallest absolute Gasteiger partial charge is 0.406 e. The Morgan fingerprint density at radius 3 is 2.50 bits per heavy atom. The predicted octanol–water partition coefficient (Wildman–Crippen LogP) is 6.67. The van der Waals surface area contributed by atoms with E-state index in [0.717, 1.165) is 27.7 Å². The van der Waals surface area contributed by atoms with Gasteiger partial charge in [-0.25, -0.2) is 0 Å². The number of hydrazone groups is 1. The number of alkyl halides is 3. The van der Waals surface area contributed by atoms with Gasteiger partial charge in [-0.1, -0.05) is 38.1 Å². The van der Waals surface area contributed by atoms with E-state index in [1.807, 2.05) is 43.4 Å². The van der Waals surface area contributed by atoms with Crippen LogP contribution in [-0.4, -0.2) is 33.7 Å². The molecule has 0 radical (unpaired) electrons. The van der Waals surface area contributed by atoms with Gasteiger partial charge in [0.05, 0.1) is 23.6 Å². The van der Waals surface area contributed by atoms with Crippen LogP contribution in [0.3, 0.4) is 0 Å². The summed E-state index contributed by atoms with van der Waals surface area (Å²) in [7, 11) is 1.81. The van der Waals surface area contributed by atoms with E-state index in [-0.39, 0.29) is 5.75 Å². The molecule has 0 amide bonds. The first kappa shape index (κ1) is 26.8. The Kier molecular flexibility index (Phi) is 8.06. The molecule has 11 heteroatoms. The number of thiocarbonyl (C=S) groups is 1. The average Bonchev–Trinajstić information content (AvgIpc) is 3.17. The van der Waals surface area contributed by atoms with Gasteiger partial charge in [0, 0.05) is 18.1 Å². The Bertz CT molecular complexity index is 1490. The lowest BCUT2D eigenvalue weighted by atomic mass is 10.0. The summed E-state index contributed by atoms with van der Waals surface area (Å²) in [6.45, 7) is 4.24. The normalized spacial score (nSPS) is 12.1. The van der Waals surface area contributed by atoms with Gasteiger partial charge in [0.1, 0.15) is 11.4 Å². The summed E-state index contributed by atoms with van der Waals surface area (Å²) in [4.78, 5) is 4.32. The maximum Gasteiger partial charge on any atom is 0.573 e. The van der Waals surface area contributed by atoms with Crippen molar-refractivity contribution in [3.05, 3.63) is 83.6 Å². The fourth-order valence-corrected chi connectivity index (χ4v) is 3.94. The van der Waals surface area contributed by atoms with E-state index in [2.05, 4.69) is 50.6 Å². The highest BCUT2D eigenvalue weighted by atomic mass is 32.1. The molecule has 38 heavy (non-hydrogen) atoms. The highest BCUT2D eigenvalue weighted by Crippen LogP contribution is 2.26. The van der Waals surface area contributed by atoms with Gasteiger partial charge in [-0.2, -0.15) is 10.2 Å². The number of rotatable bonds is 7. The third kappa shape index (κ3) is 6.94. The largest absolute Gasteiger partial charge is 0.573 e. The molecule has 7 nitrogen and oxygen atoms in total. The molecular formula is C27H25F3N6OS. The number of hydrogen-bond donors (Lipinski definition) is 2. The van der Waals surface area contributed by atoms with Gasteiger partial charge in [-0.15, -0.1) is 13.2 Å². The summed E-state index contributed by atoms with van der Waals surface area (Å²) < 4.78 is 42.6. The van der Waals surface area contributed by atoms with Crippen LogP contribution in [0.15, 0.2) is 76.8 Å². The second-order valence-corrected chi connectivity index (χ2v) is 9.06. The number of anilines is 1. The highest BCUT2D eigenvalue weighted by Gasteiger charge is 2.30. The fourth-order valence-electron chi connectivity index (χ4n) is 3.78. The third-order valence-electron chi connectivity index (χ3n) is 5.52. The molecule has 0 saturated carbocycles. The Labute approximate surface area is 223 Å². The highest BCUT2D eigenvalue weighted by molar-refractivity contribution is 7.80. The number of hydrogen-bond acceptors (Lipinski definition) is 5. The molecule has 1 aromatic heterocycles. The molecule has 2 N–H and O–H groups in total. The first-order valence-corrected chi connectivity index (χ1v) is 12.1. The van der Waals surface area contributed by atoms with E-state index >= 15 is 0 Å². The van der Waals surface area contributed by atoms with Gasteiger partial charge in [-0.05, 0) is 71.7 Å². The molecule has 0 bridgehead atoms. The van der Waals surface area contributed by atoms with Crippen molar-refractivity contribution < 1.29 is 17.9 Å². The van der Waals surface area contributed by atoms with E-state index in [1.54, 1.807) is 17.1 Å². The van der Waals surface area contributed by atoms with Crippen molar-refractivity contribution in [2.45, 2.75) is 26.1 Å². The Morgan fingerprint density at radius 2 is 1.79 bits per heavy atom. The quantitative estimate of drug-likeness (QED) is 0.156. The maximum absolute atomic E-state index is 12.3. The first-order valence-electron chi connectivity index (χ1n) is 11.6. The summed E-state index contributed by atoms with van der Waals surface area (Å²) in [5, 5.41) is 13.2. The molecule has 0 atom stereocenters. The molecule has 0 aliphatic carbocycles. The van der Waals surface area contributed by atoms with Gasteiger partial charge >= 0.3 is 6.36 Å². The summed E-state index contributed by atoms with van der Waals surface area (Å²) in [6.07, 6.45) is -1.51. The Balaban J connectivity index is 1.42. The lowest BCUT2D eigenvalue weighted by molar-refractivity contribution is -0.274. The summed E-state index contributed by atoms with van der Waals surface area (Å²) in [5.41, 5.74) is 7.72. The average molecular weight is 539 g/mol. The second-order valence-electron chi connectivity index (χ2n) is 8.65. The van der Waals surface area contributed by atoms with Crippen LogP contribution < -0.4 is 15.5 Å². The number of nitrogens with zero attached hydrogens (tertiary/aromatic N) is 4. The van der Waals surface area contributed by atoms with Gasteiger partial charge in [-0.3, -0.25) is 15.1 Å². The molecule has 196 valence electrons. The SMILES string of the molecule is CC(C)c1ccccc1NC(=S)N/N=C\c1ccc2c(C=Nc3ccc(OC(F)(F)F)cc3)nn(C)c2c1. The van der Waals surface area contributed by atoms with Crippen LogP contribution in [-0.2, 0) is 7.05 Å². The molecule has 0 fully saturated rings. The number of benzene rings is 3. The molecule has 3 aromatic carbocycles. The topological polar surface area (TPSA) is 75.8 Å². The zero-order valence-corrected chi connectivity index (χ0v) is 21.6. The molecule has 0 aliphatic rings. The van der Waals surface area contributed by atoms with Crippen molar-refractivity contribution in [3.8, 4) is 5.75 Å². The molecule has 4 aromatic rings. The predicted molar refractivity (Wildman–Crippen MR) is 149 cm³/mol. The van der Waals surface area contributed by atoms with Crippen molar-refractivity contribution in [2.24, 2.45) is 17.1 Å². The summed E-state index contributed by atoms with van der Waals surface area (Å²) in [6, 6.07) is 19.0. The van der Waals surface area contributed by atoms with E-state index in [0.29, 0.717) is 22.4 Å². The van der Waals surface area contributed by atoms with Crippen molar-refractivity contribution >= 4 is 52.0 Å². The van der Waals surface area contributed by atoms with Gasteiger partial charge < -0.3 is 10.1 Å². The summed E-state index contributed by atoms with van der Waals surface area (Å²) >= 11 is 5.38. The minimum absolute atomic E-state index is 0.305. The molecule has 4 rings (SSSR count). The fraction of sp³-hybridized carbons (Fsp3) is 0.185. The molecule has 0 aliphatic heterocycles. The number of aryl methyl sites for hydroxylation is 1. The summed E-state index contributed by atoms with van der Waals surface area (Å²) in [5.74, 6) is 0.0457. The van der Waals surface area contributed by atoms with E-state index in [9.17, 15) is 13.2 Å². The van der Waals surface area contributed by atoms with E-state index < -0.39 is 6.36 Å². The van der Waals surface area contributed by atoms with Crippen molar-refractivity contribution in [1.82, 2.24) is 15.2 Å². The first-order chi connectivity index (χ1) is 18.1. The Hall–Kier alpha value is -4.25. The molecule has 0 unspecified atom stereocenters. The monoisotopic (exact) mass is 538 g/mol. The van der Waals surface area contributed by atoms with Crippen LogP contribution in [0.4, 0.5) is 24.5 Å². The Morgan fingerprint density at radius 1 is 1.05 bits per heavy atom. The van der Waals surface area contributed by atoms with Crippen LogP contribution in [0.2, 0.25) is 0 Å². The maximum atomic E-state index is 12.3. The third-order valence-corrected chi connectivity index (χ3v) is 5.71. The number of nitrogens with one attached hydrogen (secondary N) is 2. The molecule has 0 spiro atoms. The number of halogens is 3. The number of para-hydroxylation sites is 1. The van der Waals surface area contributed by atoms with Crippen LogP contribution in [0.1, 0.15) is 36.6 Å². The molecule has 1 heterocycles. The number of aliphatic imine (C=N–C) groups is 1. The minimum atomic E-state index is -4.74. The van der Waals surface area contributed by atoms with Gasteiger partial charge in [0.2, 0.25) is 0 Å². The zero-order valence-electron chi connectivity index (χ0n) is 20.8. The van der Waals surface area contributed by atoms with Crippen molar-refractivity contribution in [1.29, 1.82) is 0 Å². The lowest BCUT2D eigenvalue weighted by Gasteiger charge is -2.14. The number of fused-ring (bicyclic) bond motifs is 1.